The molecule has 0 radical (unpaired) electrons. The topological polar surface area (TPSA) is 97.8 Å². The van der Waals surface area contributed by atoms with Crippen molar-refractivity contribution in [3.63, 3.8) is 0 Å². The van der Waals surface area contributed by atoms with Gasteiger partial charge >= 0.3 is 0 Å². The van der Waals surface area contributed by atoms with E-state index in [-0.39, 0.29) is 22.6 Å². The third-order valence-electron chi connectivity index (χ3n) is 3.85. The number of hydrogen-bond acceptors (Lipinski definition) is 6. The summed E-state index contributed by atoms with van der Waals surface area (Å²) in [6.07, 6.45) is 2.82. The van der Waals surface area contributed by atoms with Gasteiger partial charge in [0.05, 0.1) is 11.5 Å². The van der Waals surface area contributed by atoms with Gasteiger partial charge in [-0.3, -0.25) is 4.79 Å². The highest BCUT2D eigenvalue weighted by molar-refractivity contribution is 5.83. The van der Waals surface area contributed by atoms with E-state index < -0.39 is 0 Å². The van der Waals surface area contributed by atoms with Crippen LogP contribution in [0.25, 0.3) is 0 Å². The Morgan fingerprint density at radius 1 is 1.38 bits per heavy atom. The summed E-state index contributed by atoms with van der Waals surface area (Å²) in [7, 11) is 0. The van der Waals surface area contributed by atoms with E-state index in [1.54, 1.807) is 6.20 Å². The van der Waals surface area contributed by atoms with Crippen LogP contribution < -0.4 is 15.8 Å². The number of anilines is 2. The molecule has 0 spiro atoms. The summed E-state index contributed by atoms with van der Waals surface area (Å²) < 4.78 is 0. The van der Waals surface area contributed by atoms with Gasteiger partial charge in [-0.1, -0.05) is 6.07 Å². The molecule has 3 heterocycles. The Kier molecular flexibility index (Phi) is 4.09. The van der Waals surface area contributed by atoms with Crippen LogP contribution in [0.1, 0.15) is 38.1 Å². The van der Waals surface area contributed by atoms with Crippen molar-refractivity contribution >= 4 is 17.9 Å². The van der Waals surface area contributed by atoms with Gasteiger partial charge in [0.1, 0.15) is 17.5 Å². The molecule has 0 unspecified atom stereocenters. The molecule has 0 saturated carbocycles. The zero-order chi connectivity index (χ0) is 17.3. The Hall–Kier alpha value is -2.70. The molecule has 126 valence electrons. The fourth-order valence-corrected chi connectivity index (χ4v) is 2.66. The van der Waals surface area contributed by atoms with E-state index in [9.17, 15) is 4.79 Å². The van der Waals surface area contributed by atoms with Crippen LogP contribution in [0.2, 0.25) is 0 Å². The summed E-state index contributed by atoms with van der Waals surface area (Å²) in [5.74, 6) is 2.21. The Morgan fingerprint density at radius 3 is 2.71 bits per heavy atom. The van der Waals surface area contributed by atoms with Crippen molar-refractivity contribution in [1.82, 2.24) is 15.0 Å². The van der Waals surface area contributed by atoms with Gasteiger partial charge in [0, 0.05) is 31.0 Å². The Labute approximate surface area is 140 Å². The molecular formula is C17H22N6O. The highest BCUT2D eigenvalue weighted by Crippen LogP contribution is 2.29. The summed E-state index contributed by atoms with van der Waals surface area (Å²) in [5.41, 5.74) is -0.261. The van der Waals surface area contributed by atoms with Crippen molar-refractivity contribution in [3.05, 3.63) is 46.1 Å². The van der Waals surface area contributed by atoms with Crippen LogP contribution >= 0.6 is 0 Å². The number of aromatic nitrogens is 3. The zero-order valence-electron chi connectivity index (χ0n) is 14.1. The predicted octanol–water partition coefficient (Wildman–Crippen LogP) is 1.98. The largest absolute Gasteiger partial charge is 0.365 e. The van der Waals surface area contributed by atoms with Gasteiger partial charge in [0.2, 0.25) is 0 Å². The van der Waals surface area contributed by atoms with Crippen LogP contribution in [0.4, 0.5) is 11.6 Å². The Morgan fingerprint density at radius 2 is 2.12 bits per heavy atom. The molecular weight excluding hydrogens is 304 g/mol. The Balaban J connectivity index is 1.82. The minimum absolute atomic E-state index is 0.153. The minimum atomic E-state index is -0.280. The van der Waals surface area contributed by atoms with E-state index in [1.807, 2.05) is 39.0 Å². The second-order valence-corrected chi connectivity index (χ2v) is 7.02. The van der Waals surface area contributed by atoms with Crippen LogP contribution in [-0.2, 0) is 0 Å². The molecule has 3 rings (SSSR count). The number of rotatable bonds is 4. The zero-order valence-corrected chi connectivity index (χ0v) is 14.1. The number of hydrogen-bond donors (Lipinski definition) is 3. The highest BCUT2D eigenvalue weighted by Gasteiger charge is 2.31. The van der Waals surface area contributed by atoms with Crippen molar-refractivity contribution < 1.29 is 0 Å². The first-order chi connectivity index (χ1) is 11.4. The number of nitrogens with one attached hydrogen (secondary N) is 3. The molecule has 24 heavy (non-hydrogen) atoms. The van der Waals surface area contributed by atoms with Gasteiger partial charge < -0.3 is 20.6 Å². The van der Waals surface area contributed by atoms with Crippen LogP contribution in [0, 0.1) is 5.41 Å². The van der Waals surface area contributed by atoms with Crippen molar-refractivity contribution in [2.24, 2.45) is 0 Å². The molecule has 0 aromatic carbocycles. The maximum absolute atomic E-state index is 12.3. The molecule has 1 aliphatic heterocycles. The van der Waals surface area contributed by atoms with Gasteiger partial charge in [-0.25, -0.2) is 9.97 Å². The first-order valence-electron chi connectivity index (χ1n) is 7.96. The molecule has 0 bridgehead atoms. The standard InChI is InChI=1S/C17H22N6O/c1-17(2,3)22-15-12(8-18)16(24)21-14(20-15)11-9-23(10-11)13-6-4-5-7-19-13/h4-8,11,18H,9-10H2,1-3H3,(H2,20,21,22,24). The first kappa shape index (κ1) is 16.2. The van der Waals surface area contributed by atoms with Crippen molar-refractivity contribution in [2.75, 3.05) is 23.3 Å². The van der Waals surface area contributed by atoms with Crippen LogP contribution in [0.3, 0.4) is 0 Å². The minimum Gasteiger partial charge on any atom is -0.365 e. The number of H-pyrrole nitrogens is 1. The Bertz CT molecular complexity index is 787. The van der Waals surface area contributed by atoms with Crippen LogP contribution in [0.5, 0.6) is 0 Å². The van der Waals surface area contributed by atoms with E-state index in [4.69, 9.17) is 5.41 Å². The molecule has 0 amide bonds. The van der Waals surface area contributed by atoms with Crippen molar-refractivity contribution in [2.45, 2.75) is 32.2 Å². The molecule has 7 nitrogen and oxygen atoms in total. The summed E-state index contributed by atoms with van der Waals surface area (Å²) >= 11 is 0. The lowest BCUT2D eigenvalue weighted by molar-refractivity contribution is 0.494. The molecule has 0 aliphatic carbocycles. The SMILES string of the molecule is CC(C)(C)Nc1nc(C2CN(c3ccccn3)C2)[nH]c(=O)c1C=N. The third-order valence-corrected chi connectivity index (χ3v) is 3.85. The van der Waals surface area contributed by atoms with E-state index in [2.05, 4.69) is 25.2 Å². The second-order valence-electron chi connectivity index (χ2n) is 7.02. The maximum atomic E-state index is 12.3. The van der Waals surface area contributed by atoms with Gasteiger partial charge in [-0.2, -0.15) is 0 Å². The fraction of sp³-hybridized carbons (Fsp3) is 0.412. The summed E-state index contributed by atoms with van der Waals surface area (Å²) in [6.45, 7) is 7.51. The number of aromatic amines is 1. The second kappa shape index (κ2) is 6.07. The van der Waals surface area contributed by atoms with Gasteiger partial charge in [-0.05, 0) is 32.9 Å². The lowest BCUT2D eigenvalue weighted by Gasteiger charge is -2.39. The van der Waals surface area contributed by atoms with E-state index in [1.165, 1.54) is 0 Å². The highest BCUT2D eigenvalue weighted by atomic mass is 16.1. The fourth-order valence-electron chi connectivity index (χ4n) is 2.66. The van der Waals surface area contributed by atoms with E-state index in [0.29, 0.717) is 11.6 Å². The predicted molar refractivity (Wildman–Crippen MR) is 95.3 cm³/mol. The third kappa shape index (κ3) is 3.29. The molecule has 2 aromatic rings. The molecule has 7 heteroatoms. The smallest absolute Gasteiger partial charge is 0.261 e. The van der Waals surface area contributed by atoms with Crippen molar-refractivity contribution in [3.8, 4) is 0 Å². The molecule has 2 aromatic heterocycles. The number of pyridine rings is 1. The summed E-state index contributed by atoms with van der Waals surface area (Å²) in [5, 5.41) is 10.7. The van der Waals surface area contributed by atoms with Gasteiger partial charge in [0.15, 0.2) is 0 Å². The van der Waals surface area contributed by atoms with E-state index >= 15 is 0 Å². The first-order valence-corrected chi connectivity index (χ1v) is 7.96. The van der Waals surface area contributed by atoms with Gasteiger partial charge in [-0.15, -0.1) is 0 Å². The molecule has 3 N–H and O–H groups in total. The normalized spacial score (nSPS) is 15.0. The summed E-state index contributed by atoms with van der Waals surface area (Å²) in [6, 6.07) is 5.82. The molecule has 1 saturated heterocycles. The monoisotopic (exact) mass is 326 g/mol. The molecule has 1 aliphatic rings. The van der Waals surface area contributed by atoms with E-state index in [0.717, 1.165) is 25.1 Å². The van der Waals surface area contributed by atoms with Crippen LogP contribution in [-0.4, -0.2) is 39.8 Å². The molecule has 1 fully saturated rings. The molecule has 0 atom stereocenters. The average Bonchev–Trinajstić information content (AvgIpc) is 2.45. The lowest BCUT2D eigenvalue weighted by atomic mass is 9.99. The maximum Gasteiger partial charge on any atom is 0.261 e. The van der Waals surface area contributed by atoms with Crippen molar-refractivity contribution in [1.29, 1.82) is 5.41 Å². The van der Waals surface area contributed by atoms with Crippen LogP contribution in [0.15, 0.2) is 29.2 Å². The lowest BCUT2D eigenvalue weighted by Crippen LogP contribution is -2.47. The summed E-state index contributed by atoms with van der Waals surface area (Å²) in [4.78, 5) is 26.1. The van der Waals surface area contributed by atoms with Gasteiger partial charge in [0.25, 0.3) is 5.56 Å². The average molecular weight is 326 g/mol. The number of nitrogens with zero attached hydrogens (tertiary/aromatic N) is 3. The quantitative estimate of drug-likeness (QED) is 0.746.